The fourth-order valence-electron chi connectivity index (χ4n) is 3.75. The van der Waals surface area contributed by atoms with Gasteiger partial charge in [-0.25, -0.2) is 4.79 Å². The van der Waals surface area contributed by atoms with Gasteiger partial charge in [-0.05, 0) is 53.8 Å². The van der Waals surface area contributed by atoms with Crippen molar-refractivity contribution < 1.29 is 23.8 Å². The van der Waals surface area contributed by atoms with E-state index < -0.39 is 6.04 Å². The fourth-order valence-corrected chi connectivity index (χ4v) is 3.75. The van der Waals surface area contributed by atoms with E-state index in [2.05, 4.69) is 12.2 Å². The van der Waals surface area contributed by atoms with E-state index in [9.17, 15) is 9.59 Å². The molecule has 0 radical (unpaired) electrons. The van der Waals surface area contributed by atoms with Crippen LogP contribution in [0.3, 0.4) is 0 Å². The Hall–Kier alpha value is -3.22. The molecule has 1 aliphatic rings. The highest BCUT2D eigenvalue weighted by atomic mass is 16.5. The smallest absolute Gasteiger partial charge is 0.322 e. The third-order valence-electron chi connectivity index (χ3n) is 5.46. The molecule has 0 saturated carbocycles. The van der Waals surface area contributed by atoms with Crippen LogP contribution in [0.1, 0.15) is 36.1 Å². The number of anilines is 1. The minimum Gasteiger partial charge on any atom is -0.493 e. The van der Waals surface area contributed by atoms with E-state index >= 15 is 0 Å². The van der Waals surface area contributed by atoms with Crippen molar-refractivity contribution in [1.29, 1.82) is 0 Å². The average Bonchev–Trinajstić information content (AvgIpc) is 2.78. The zero-order chi connectivity index (χ0) is 21.7. The summed E-state index contributed by atoms with van der Waals surface area (Å²) >= 11 is 0. The Morgan fingerprint density at radius 1 is 1.07 bits per heavy atom. The van der Waals surface area contributed by atoms with Gasteiger partial charge in [-0.2, -0.15) is 0 Å². The minimum atomic E-state index is -0.462. The van der Waals surface area contributed by atoms with Crippen LogP contribution >= 0.6 is 0 Å². The van der Waals surface area contributed by atoms with E-state index in [0.29, 0.717) is 30.2 Å². The van der Waals surface area contributed by atoms with Gasteiger partial charge in [0.25, 0.3) is 0 Å². The molecular formula is C23H28N2O5. The Bertz CT molecular complexity index is 911. The van der Waals surface area contributed by atoms with Crippen molar-refractivity contribution in [2.45, 2.75) is 32.2 Å². The number of rotatable bonds is 6. The molecule has 30 heavy (non-hydrogen) atoms. The third-order valence-corrected chi connectivity index (χ3v) is 5.46. The van der Waals surface area contributed by atoms with Gasteiger partial charge in [-0.1, -0.05) is 19.1 Å². The number of nitrogens with one attached hydrogen (secondary N) is 1. The Morgan fingerprint density at radius 3 is 2.33 bits per heavy atom. The molecule has 0 spiro atoms. The van der Waals surface area contributed by atoms with Crippen LogP contribution in [0.25, 0.3) is 0 Å². The van der Waals surface area contributed by atoms with Crippen molar-refractivity contribution in [1.82, 2.24) is 4.90 Å². The maximum atomic E-state index is 13.1. The summed E-state index contributed by atoms with van der Waals surface area (Å²) in [5, 5.41) is 2.95. The molecule has 7 heteroatoms. The molecule has 160 valence electrons. The average molecular weight is 412 g/mol. The van der Waals surface area contributed by atoms with Crippen molar-refractivity contribution >= 4 is 17.7 Å². The first-order valence-electron chi connectivity index (χ1n) is 9.98. The highest BCUT2D eigenvalue weighted by Crippen LogP contribution is 2.39. The number of hydrogen-bond donors (Lipinski definition) is 1. The summed E-state index contributed by atoms with van der Waals surface area (Å²) in [7, 11) is 4.50. The summed E-state index contributed by atoms with van der Waals surface area (Å²) in [4.78, 5) is 26.9. The zero-order valence-electron chi connectivity index (χ0n) is 17.9. The summed E-state index contributed by atoms with van der Waals surface area (Å²) in [5.74, 6) is 0.804. The SMILES string of the molecule is CCc1ccc(NC(=O)N2CCc3cc(OC)c(OC)cc3C2CC(=O)OC)cc1. The molecule has 1 aliphatic heterocycles. The van der Waals surface area contributed by atoms with E-state index in [1.54, 1.807) is 19.1 Å². The lowest BCUT2D eigenvalue weighted by Crippen LogP contribution is -2.43. The molecule has 2 amide bonds. The molecule has 1 heterocycles. The van der Waals surface area contributed by atoms with E-state index in [0.717, 1.165) is 17.5 Å². The molecule has 1 N–H and O–H groups in total. The van der Waals surface area contributed by atoms with Gasteiger partial charge in [0.2, 0.25) is 0 Å². The molecule has 0 aromatic heterocycles. The first-order chi connectivity index (χ1) is 14.5. The number of carbonyl (C=O) groups is 2. The van der Waals surface area contributed by atoms with Crippen LogP contribution in [0.4, 0.5) is 10.5 Å². The molecule has 2 aromatic carbocycles. The fraction of sp³-hybridized carbons (Fsp3) is 0.391. The summed E-state index contributed by atoms with van der Waals surface area (Å²) in [6.07, 6.45) is 1.64. The van der Waals surface area contributed by atoms with E-state index in [1.165, 1.54) is 12.7 Å². The molecule has 0 saturated heterocycles. The minimum absolute atomic E-state index is 0.0567. The number of carbonyl (C=O) groups excluding carboxylic acids is 2. The Morgan fingerprint density at radius 2 is 1.73 bits per heavy atom. The number of urea groups is 1. The normalized spacial score (nSPS) is 15.2. The quantitative estimate of drug-likeness (QED) is 0.727. The summed E-state index contributed by atoms with van der Waals surface area (Å²) in [6.45, 7) is 2.56. The lowest BCUT2D eigenvalue weighted by molar-refractivity contribution is -0.141. The number of ether oxygens (including phenoxy) is 3. The van der Waals surface area contributed by atoms with Gasteiger partial charge >= 0.3 is 12.0 Å². The summed E-state index contributed by atoms with van der Waals surface area (Å²) < 4.78 is 15.7. The summed E-state index contributed by atoms with van der Waals surface area (Å²) in [6, 6.07) is 10.8. The third kappa shape index (κ3) is 4.50. The lowest BCUT2D eigenvalue weighted by Gasteiger charge is -2.37. The standard InChI is InChI=1S/C23H28N2O5/c1-5-15-6-8-17(9-7-15)24-23(27)25-11-10-16-12-20(28-2)21(29-3)13-18(16)19(25)14-22(26)30-4/h6-9,12-13,19H,5,10-11,14H2,1-4H3,(H,24,27). The Balaban J connectivity index is 1.91. The topological polar surface area (TPSA) is 77.1 Å². The van der Waals surface area contributed by atoms with Gasteiger partial charge in [-0.3, -0.25) is 4.79 Å². The second-order valence-corrected chi connectivity index (χ2v) is 7.13. The van der Waals surface area contributed by atoms with Crippen molar-refractivity contribution in [2.75, 3.05) is 33.2 Å². The van der Waals surface area contributed by atoms with E-state index in [-0.39, 0.29) is 18.4 Å². The second kappa shape index (κ2) is 9.52. The molecule has 2 aromatic rings. The molecule has 3 rings (SSSR count). The number of fused-ring (bicyclic) bond motifs is 1. The van der Waals surface area contributed by atoms with Crippen LogP contribution < -0.4 is 14.8 Å². The Labute approximate surface area is 176 Å². The van der Waals surface area contributed by atoms with Gasteiger partial charge in [0.15, 0.2) is 11.5 Å². The maximum absolute atomic E-state index is 13.1. The van der Waals surface area contributed by atoms with E-state index in [1.807, 2.05) is 36.4 Å². The molecule has 1 atom stereocenters. The number of benzene rings is 2. The predicted octanol–water partition coefficient (Wildman–Crippen LogP) is 3.96. The van der Waals surface area contributed by atoms with Crippen LogP contribution in [0.2, 0.25) is 0 Å². The summed E-state index contributed by atoms with van der Waals surface area (Å²) in [5.41, 5.74) is 3.80. The van der Waals surface area contributed by atoms with Crippen LogP contribution in [-0.4, -0.2) is 44.8 Å². The molecule has 0 bridgehead atoms. The number of hydrogen-bond acceptors (Lipinski definition) is 5. The highest BCUT2D eigenvalue weighted by Gasteiger charge is 2.34. The van der Waals surface area contributed by atoms with Gasteiger partial charge in [0.05, 0.1) is 33.8 Å². The number of esters is 1. The van der Waals surface area contributed by atoms with Gasteiger partial charge in [-0.15, -0.1) is 0 Å². The highest BCUT2D eigenvalue weighted by molar-refractivity contribution is 5.90. The van der Waals surface area contributed by atoms with Crippen molar-refractivity contribution in [3.8, 4) is 11.5 Å². The largest absolute Gasteiger partial charge is 0.493 e. The van der Waals surface area contributed by atoms with Gasteiger partial charge in [0, 0.05) is 12.2 Å². The van der Waals surface area contributed by atoms with Crippen LogP contribution in [0, 0.1) is 0 Å². The van der Waals surface area contributed by atoms with Gasteiger partial charge < -0.3 is 24.4 Å². The monoisotopic (exact) mass is 412 g/mol. The van der Waals surface area contributed by atoms with Gasteiger partial charge in [0.1, 0.15) is 0 Å². The van der Waals surface area contributed by atoms with Crippen LogP contribution in [-0.2, 0) is 22.4 Å². The molecule has 1 unspecified atom stereocenters. The number of methoxy groups -OCH3 is 3. The second-order valence-electron chi connectivity index (χ2n) is 7.13. The maximum Gasteiger partial charge on any atom is 0.322 e. The van der Waals surface area contributed by atoms with Crippen LogP contribution in [0.15, 0.2) is 36.4 Å². The molecule has 7 nitrogen and oxygen atoms in total. The number of aryl methyl sites for hydroxylation is 1. The Kier molecular flexibility index (Phi) is 6.82. The lowest BCUT2D eigenvalue weighted by atomic mass is 9.90. The molecule has 0 aliphatic carbocycles. The van der Waals surface area contributed by atoms with Crippen LogP contribution in [0.5, 0.6) is 11.5 Å². The van der Waals surface area contributed by atoms with Crippen molar-refractivity contribution in [2.24, 2.45) is 0 Å². The number of nitrogens with zero attached hydrogens (tertiary/aromatic N) is 1. The van der Waals surface area contributed by atoms with Crippen molar-refractivity contribution in [3.05, 3.63) is 53.1 Å². The zero-order valence-corrected chi connectivity index (χ0v) is 17.9. The van der Waals surface area contributed by atoms with Crippen molar-refractivity contribution in [3.63, 3.8) is 0 Å². The predicted molar refractivity (Wildman–Crippen MR) is 114 cm³/mol. The van der Waals surface area contributed by atoms with E-state index in [4.69, 9.17) is 14.2 Å². The number of amides is 2. The molecular weight excluding hydrogens is 384 g/mol. The first kappa shape index (κ1) is 21.5. The molecule has 0 fully saturated rings. The first-order valence-corrected chi connectivity index (χ1v) is 9.98.